The second-order valence-electron chi connectivity index (χ2n) is 7.68. The minimum atomic E-state index is -0.444. The first kappa shape index (κ1) is 18.7. The first-order valence-electron chi connectivity index (χ1n) is 9.61. The Balaban J connectivity index is 1.49. The Bertz CT molecular complexity index is 874. The number of carbonyl (C=O) groups is 1. The molecule has 1 N–H and O–H groups in total. The molecule has 0 unspecified atom stereocenters. The molecular weight excluding hydrogens is 359 g/mol. The number of amides is 1. The monoisotopic (exact) mass is 384 g/mol. The number of piperidine rings is 1. The zero-order valence-corrected chi connectivity index (χ0v) is 16.3. The van der Waals surface area contributed by atoms with E-state index >= 15 is 0 Å². The number of aryl methyl sites for hydroxylation is 1. The van der Waals surface area contributed by atoms with Gasteiger partial charge in [0.05, 0.1) is 5.54 Å². The van der Waals surface area contributed by atoms with Gasteiger partial charge in [0.1, 0.15) is 5.82 Å². The summed E-state index contributed by atoms with van der Waals surface area (Å²) in [6.07, 6.45) is 1.56. The summed E-state index contributed by atoms with van der Waals surface area (Å²) in [5, 5.41) is 3.14. The van der Waals surface area contributed by atoms with E-state index in [2.05, 4.69) is 23.2 Å². The minimum Gasteiger partial charge on any atom is -0.454 e. The third-order valence-electron chi connectivity index (χ3n) is 5.75. The predicted molar refractivity (Wildman–Crippen MR) is 104 cm³/mol. The number of hydrogen-bond acceptors (Lipinski definition) is 4. The van der Waals surface area contributed by atoms with Crippen LogP contribution in [0.3, 0.4) is 0 Å². The van der Waals surface area contributed by atoms with Gasteiger partial charge in [0.25, 0.3) is 0 Å². The zero-order valence-electron chi connectivity index (χ0n) is 16.3. The number of halogens is 1. The van der Waals surface area contributed by atoms with Crippen LogP contribution in [-0.2, 0) is 16.9 Å². The molecule has 1 fully saturated rings. The Morgan fingerprint density at radius 1 is 1.14 bits per heavy atom. The maximum Gasteiger partial charge on any atom is 0.231 e. The summed E-state index contributed by atoms with van der Waals surface area (Å²) < 4.78 is 24.3. The lowest BCUT2D eigenvalue weighted by Crippen LogP contribution is -2.52. The van der Waals surface area contributed by atoms with Crippen LogP contribution < -0.4 is 14.8 Å². The molecule has 0 aliphatic carbocycles. The molecule has 2 aliphatic rings. The van der Waals surface area contributed by atoms with E-state index in [-0.39, 0.29) is 18.5 Å². The Labute approximate surface area is 164 Å². The predicted octanol–water partition coefficient (Wildman–Crippen LogP) is 3.49. The molecule has 0 saturated carbocycles. The summed E-state index contributed by atoms with van der Waals surface area (Å²) in [6.45, 7) is 6.40. The number of ether oxygens (including phenoxy) is 2. The van der Waals surface area contributed by atoms with Gasteiger partial charge < -0.3 is 14.8 Å². The van der Waals surface area contributed by atoms with Crippen molar-refractivity contribution in [1.82, 2.24) is 10.2 Å². The molecular formula is C22H25FN2O3. The van der Waals surface area contributed by atoms with Gasteiger partial charge in [-0.15, -0.1) is 0 Å². The van der Waals surface area contributed by atoms with Gasteiger partial charge in [0.15, 0.2) is 11.5 Å². The molecule has 5 nitrogen and oxygen atoms in total. The third-order valence-corrected chi connectivity index (χ3v) is 5.75. The Kier molecular flexibility index (Phi) is 4.98. The SMILES string of the molecule is CC(=O)NC1(c2ccc(F)cc2)CCN(Cc2cc3c(cc2C)OCO3)CC1. The molecule has 2 aromatic carbocycles. The molecule has 2 heterocycles. The fourth-order valence-corrected chi connectivity index (χ4v) is 4.18. The van der Waals surface area contributed by atoms with Crippen molar-refractivity contribution < 1.29 is 18.7 Å². The van der Waals surface area contributed by atoms with Crippen molar-refractivity contribution in [2.75, 3.05) is 19.9 Å². The first-order chi connectivity index (χ1) is 13.4. The number of nitrogens with one attached hydrogen (secondary N) is 1. The summed E-state index contributed by atoms with van der Waals surface area (Å²) in [7, 11) is 0. The van der Waals surface area contributed by atoms with E-state index in [1.54, 1.807) is 12.1 Å². The van der Waals surface area contributed by atoms with E-state index in [1.807, 2.05) is 6.07 Å². The highest BCUT2D eigenvalue weighted by atomic mass is 19.1. The minimum absolute atomic E-state index is 0.0654. The van der Waals surface area contributed by atoms with Crippen LogP contribution in [0.4, 0.5) is 4.39 Å². The molecule has 2 aromatic rings. The van der Waals surface area contributed by atoms with E-state index < -0.39 is 5.54 Å². The normalized spacial score (nSPS) is 18.1. The molecule has 28 heavy (non-hydrogen) atoms. The standard InChI is InChI=1S/C22H25FN2O3/c1-15-11-20-21(28-14-27-20)12-17(15)13-25-9-7-22(8-10-25,24-16(2)26)18-3-5-19(23)6-4-18/h3-6,11-12H,7-10,13-14H2,1-2H3,(H,24,26). The van der Waals surface area contributed by atoms with E-state index in [1.165, 1.54) is 30.2 Å². The lowest BCUT2D eigenvalue weighted by molar-refractivity contribution is -0.121. The number of nitrogens with zero attached hydrogens (tertiary/aromatic N) is 1. The molecule has 0 atom stereocenters. The largest absolute Gasteiger partial charge is 0.454 e. The third kappa shape index (κ3) is 3.69. The average Bonchev–Trinajstić information content (AvgIpc) is 3.11. The van der Waals surface area contributed by atoms with Crippen molar-refractivity contribution in [1.29, 1.82) is 0 Å². The molecule has 1 saturated heterocycles. The molecule has 0 radical (unpaired) electrons. The average molecular weight is 384 g/mol. The van der Waals surface area contributed by atoms with Crippen LogP contribution in [0.25, 0.3) is 0 Å². The first-order valence-corrected chi connectivity index (χ1v) is 9.61. The van der Waals surface area contributed by atoms with Gasteiger partial charge in [-0.2, -0.15) is 0 Å². The summed E-state index contributed by atoms with van der Waals surface area (Å²) in [5.41, 5.74) is 2.92. The zero-order chi connectivity index (χ0) is 19.7. The number of fused-ring (bicyclic) bond motifs is 1. The van der Waals surface area contributed by atoms with Crippen LogP contribution in [0.5, 0.6) is 11.5 Å². The highest BCUT2D eigenvalue weighted by molar-refractivity contribution is 5.74. The van der Waals surface area contributed by atoms with Gasteiger partial charge in [-0.05, 0) is 60.7 Å². The lowest BCUT2D eigenvalue weighted by atomic mass is 9.80. The number of likely N-dealkylation sites (tertiary alicyclic amines) is 1. The fraction of sp³-hybridized carbons (Fsp3) is 0.409. The van der Waals surface area contributed by atoms with Crippen LogP contribution in [0.2, 0.25) is 0 Å². The van der Waals surface area contributed by atoms with Crippen molar-refractivity contribution >= 4 is 5.91 Å². The van der Waals surface area contributed by atoms with Gasteiger partial charge in [0, 0.05) is 26.6 Å². The summed E-state index contributed by atoms with van der Waals surface area (Å²) in [6, 6.07) is 10.6. The topological polar surface area (TPSA) is 50.8 Å². The van der Waals surface area contributed by atoms with Crippen molar-refractivity contribution in [2.45, 2.75) is 38.8 Å². The molecule has 4 rings (SSSR count). The van der Waals surface area contributed by atoms with Crippen LogP contribution in [-0.4, -0.2) is 30.7 Å². The van der Waals surface area contributed by atoms with Crippen LogP contribution in [0.15, 0.2) is 36.4 Å². The van der Waals surface area contributed by atoms with Gasteiger partial charge in [0.2, 0.25) is 12.7 Å². The molecule has 0 bridgehead atoms. The molecule has 148 valence electrons. The number of hydrogen-bond donors (Lipinski definition) is 1. The van der Waals surface area contributed by atoms with Crippen molar-refractivity contribution in [3.05, 3.63) is 58.9 Å². The van der Waals surface area contributed by atoms with E-state index in [0.717, 1.165) is 49.5 Å². The van der Waals surface area contributed by atoms with Gasteiger partial charge in [-0.25, -0.2) is 4.39 Å². The molecule has 2 aliphatic heterocycles. The maximum absolute atomic E-state index is 13.4. The quantitative estimate of drug-likeness (QED) is 0.877. The second-order valence-corrected chi connectivity index (χ2v) is 7.68. The van der Waals surface area contributed by atoms with E-state index in [4.69, 9.17) is 9.47 Å². The van der Waals surface area contributed by atoms with Crippen molar-refractivity contribution in [3.63, 3.8) is 0 Å². The molecule has 1 amide bonds. The van der Waals surface area contributed by atoms with Crippen LogP contribution in [0, 0.1) is 12.7 Å². The van der Waals surface area contributed by atoms with Crippen molar-refractivity contribution in [2.24, 2.45) is 0 Å². The smallest absolute Gasteiger partial charge is 0.231 e. The fourth-order valence-electron chi connectivity index (χ4n) is 4.18. The molecule has 6 heteroatoms. The maximum atomic E-state index is 13.4. The lowest BCUT2D eigenvalue weighted by Gasteiger charge is -2.43. The van der Waals surface area contributed by atoms with Crippen molar-refractivity contribution in [3.8, 4) is 11.5 Å². The number of benzene rings is 2. The molecule has 0 aromatic heterocycles. The van der Waals surface area contributed by atoms with Gasteiger partial charge >= 0.3 is 0 Å². The number of carbonyl (C=O) groups excluding carboxylic acids is 1. The van der Waals surface area contributed by atoms with Gasteiger partial charge in [-0.3, -0.25) is 9.69 Å². The second kappa shape index (κ2) is 7.43. The summed E-state index contributed by atoms with van der Waals surface area (Å²) >= 11 is 0. The van der Waals surface area contributed by atoms with Crippen LogP contribution >= 0.6 is 0 Å². The highest BCUT2D eigenvalue weighted by Gasteiger charge is 2.37. The summed E-state index contributed by atoms with van der Waals surface area (Å²) in [4.78, 5) is 14.2. The Morgan fingerprint density at radius 2 is 1.79 bits per heavy atom. The van der Waals surface area contributed by atoms with E-state index in [9.17, 15) is 9.18 Å². The van der Waals surface area contributed by atoms with Gasteiger partial charge in [-0.1, -0.05) is 12.1 Å². The Morgan fingerprint density at radius 3 is 2.43 bits per heavy atom. The van der Waals surface area contributed by atoms with E-state index in [0.29, 0.717) is 0 Å². The molecule has 0 spiro atoms. The van der Waals surface area contributed by atoms with Crippen LogP contribution in [0.1, 0.15) is 36.5 Å². The number of rotatable bonds is 4. The summed E-state index contributed by atoms with van der Waals surface area (Å²) in [5.74, 6) is 1.28. The Hall–Kier alpha value is -2.60. The highest BCUT2D eigenvalue weighted by Crippen LogP contribution is 2.37.